The maximum absolute atomic E-state index is 6.05. The maximum atomic E-state index is 6.05. The van der Waals surface area contributed by atoms with Crippen molar-refractivity contribution in [3.05, 3.63) is 70.9 Å². The lowest BCUT2D eigenvalue weighted by atomic mass is 10.1. The smallest absolute Gasteiger partial charge is 0.0737 e. The Labute approximate surface area is 160 Å². The van der Waals surface area contributed by atoms with Crippen molar-refractivity contribution in [3.8, 4) is 0 Å². The van der Waals surface area contributed by atoms with Gasteiger partial charge in [-0.25, -0.2) is 0 Å². The van der Waals surface area contributed by atoms with Gasteiger partial charge in [0.2, 0.25) is 0 Å². The number of halogens is 1. The van der Waals surface area contributed by atoms with Gasteiger partial charge in [-0.2, -0.15) is 0 Å². The number of nitrogens with zero attached hydrogens (tertiary/aromatic N) is 2. The Balaban J connectivity index is 1.53. The number of benzene rings is 2. The largest absolute Gasteiger partial charge is 0.383 e. The summed E-state index contributed by atoms with van der Waals surface area (Å²) in [6.07, 6.45) is 1.81. The first-order valence-electron chi connectivity index (χ1n) is 8.84. The molecule has 5 heteroatoms. The minimum Gasteiger partial charge on any atom is -0.383 e. The summed E-state index contributed by atoms with van der Waals surface area (Å²) in [4.78, 5) is 6.57. The van der Waals surface area contributed by atoms with E-state index in [-0.39, 0.29) is 0 Å². The van der Waals surface area contributed by atoms with Crippen LogP contribution in [0.25, 0.3) is 10.9 Å². The fraction of sp³-hybridized carbons (Fsp3) is 0.286. The van der Waals surface area contributed by atoms with Gasteiger partial charge in [-0.05, 0) is 49.5 Å². The molecule has 4 nitrogen and oxygen atoms in total. The van der Waals surface area contributed by atoms with Gasteiger partial charge in [-0.1, -0.05) is 35.9 Å². The van der Waals surface area contributed by atoms with Gasteiger partial charge in [0.05, 0.1) is 5.52 Å². The third kappa shape index (κ3) is 4.94. The first-order valence-corrected chi connectivity index (χ1v) is 9.21. The molecule has 0 aliphatic carbocycles. The number of hydrogen-bond donors (Lipinski definition) is 2. The van der Waals surface area contributed by atoms with Gasteiger partial charge < -0.3 is 15.5 Å². The lowest BCUT2D eigenvalue weighted by Crippen LogP contribution is -2.23. The Morgan fingerprint density at radius 1 is 1.00 bits per heavy atom. The predicted molar refractivity (Wildman–Crippen MR) is 111 cm³/mol. The third-order valence-electron chi connectivity index (χ3n) is 4.24. The zero-order valence-electron chi connectivity index (χ0n) is 15.3. The van der Waals surface area contributed by atoms with Gasteiger partial charge in [-0.15, -0.1) is 0 Å². The van der Waals surface area contributed by atoms with E-state index in [1.807, 2.05) is 30.5 Å². The Morgan fingerprint density at radius 3 is 2.62 bits per heavy atom. The monoisotopic (exact) mass is 368 g/mol. The zero-order chi connectivity index (χ0) is 18.4. The molecule has 0 aliphatic rings. The van der Waals surface area contributed by atoms with Crippen molar-refractivity contribution < 1.29 is 0 Å². The molecule has 0 unspecified atom stereocenters. The molecule has 0 saturated heterocycles. The van der Waals surface area contributed by atoms with Crippen LogP contribution in [0.1, 0.15) is 11.1 Å². The summed E-state index contributed by atoms with van der Waals surface area (Å²) in [5, 5.41) is 8.81. The van der Waals surface area contributed by atoms with E-state index < -0.39 is 0 Å². The number of anilines is 1. The van der Waals surface area contributed by atoms with Gasteiger partial charge in [-0.3, -0.25) is 4.98 Å². The average molecular weight is 369 g/mol. The van der Waals surface area contributed by atoms with Gasteiger partial charge in [0.25, 0.3) is 0 Å². The molecule has 0 saturated carbocycles. The van der Waals surface area contributed by atoms with Crippen LogP contribution in [0.15, 0.2) is 54.7 Å². The van der Waals surface area contributed by atoms with Crippen LogP contribution in [-0.2, 0) is 13.1 Å². The molecule has 0 atom stereocenters. The summed E-state index contributed by atoms with van der Waals surface area (Å²) in [5.74, 6) is 0. The fourth-order valence-corrected chi connectivity index (χ4v) is 3.18. The lowest BCUT2D eigenvalue weighted by molar-refractivity contribution is 0.400. The predicted octanol–water partition coefficient (Wildman–Crippen LogP) is 4.15. The Hall–Kier alpha value is -2.14. The highest BCUT2D eigenvalue weighted by Gasteiger charge is 2.04. The molecule has 3 aromatic rings. The van der Waals surface area contributed by atoms with Gasteiger partial charge in [0.1, 0.15) is 0 Å². The molecule has 3 rings (SSSR count). The summed E-state index contributed by atoms with van der Waals surface area (Å²) in [5.41, 5.74) is 4.72. The Bertz CT molecular complexity index is 864. The third-order valence-corrected chi connectivity index (χ3v) is 4.48. The number of aromatic nitrogens is 1. The topological polar surface area (TPSA) is 40.2 Å². The first-order chi connectivity index (χ1) is 12.6. The second-order valence-electron chi connectivity index (χ2n) is 6.63. The van der Waals surface area contributed by atoms with Crippen LogP contribution in [0, 0.1) is 0 Å². The summed E-state index contributed by atoms with van der Waals surface area (Å²) in [6, 6.07) is 16.4. The number of rotatable bonds is 8. The van der Waals surface area contributed by atoms with Gasteiger partial charge in [0, 0.05) is 48.5 Å². The molecule has 0 aliphatic heterocycles. The summed E-state index contributed by atoms with van der Waals surface area (Å²) < 4.78 is 0. The second kappa shape index (κ2) is 8.99. The SMILES string of the molecule is CN(C)Cc1ccccc1CNCCNc1ccnc2cc(Cl)ccc12. The van der Waals surface area contributed by atoms with Crippen LogP contribution in [0.3, 0.4) is 0 Å². The molecule has 2 aromatic carbocycles. The van der Waals surface area contributed by atoms with Crippen molar-refractivity contribution in [3.63, 3.8) is 0 Å². The van der Waals surface area contributed by atoms with E-state index in [0.29, 0.717) is 5.02 Å². The van der Waals surface area contributed by atoms with E-state index >= 15 is 0 Å². The van der Waals surface area contributed by atoms with Crippen LogP contribution in [0.2, 0.25) is 5.02 Å². The van der Waals surface area contributed by atoms with Crippen molar-refractivity contribution >= 4 is 28.2 Å². The minimum absolute atomic E-state index is 0.709. The maximum Gasteiger partial charge on any atom is 0.0737 e. The molecule has 26 heavy (non-hydrogen) atoms. The van der Waals surface area contributed by atoms with Crippen molar-refractivity contribution in [1.82, 2.24) is 15.2 Å². The molecule has 0 amide bonds. The quantitative estimate of drug-likeness (QED) is 0.586. The van der Waals surface area contributed by atoms with Crippen molar-refractivity contribution in [2.24, 2.45) is 0 Å². The number of hydrogen-bond acceptors (Lipinski definition) is 4. The van der Waals surface area contributed by atoms with Crippen molar-refractivity contribution in [2.75, 3.05) is 32.5 Å². The minimum atomic E-state index is 0.709. The molecule has 2 N–H and O–H groups in total. The number of nitrogens with one attached hydrogen (secondary N) is 2. The average Bonchev–Trinajstić information content (AvgIpc) is 2.62. The van der Waals surface area contributed by atoms with Crippen LogP contribution in [0.4, 0.5) is 5.69 Å². The summed E-state index contributed by atoms with van der Waals surface area (Å²) in [7, 11) is 4.20. The summed E-state index contributed by atoms with van der Waals surface area (Å²) in [6.45, 7) is 3.56. The number of pyridine rings is 1. The van der Waals surface area contributed by atoms with E-state index in [0.717, 1.165) is 42.8 Å². The second-order valence-corrected chi connectivity index (χ2v) is 7.07. The highest BCUT2D eigenvalue weighted by atomic mass is 35.5. The zero-order valence-corrected chi connectivity index (χ0v) is 16.1. The van der Waals surface area contributed by atoms with Crippen LogP contribution >= 0.6 is 11.6 Å². The fourth-order valence-electron chi connectivity index (χ4n) is 3.01. The molecular weight excluding hydrogens is 344 g/mol. The highest BCUT2D eigenvalue weighted by Crippen LogP contribution is 2.24. The van der Waals surface area contributed by atoms with Crippen LogP contribution in [0.5, 0.6) is 0 Å². The van der Waals surface area contributed by atoms with E-state index in [9.17, 15) is 0 Å². The van der Waals surface area contributed by atoms with Crippen LogP contribution < -0.4 is 10.6 Å². The normalized spacial score (nSPS) is 11.2. The molecular formula is C21H25ClN4. The van der Waals surface area contributed by atoms with Crippen molar-refractivity contribution in [1.29, 1.82) is 0 Å². The lowest BCUT2D eigenvalue weighted by Gasteiger charge is -2.15. The molecule has 0 spiro atoms. The van der Waals surface area contributed by atoms with E-state index in [4.69, 9.17) is 11.6 Å². The van der Waals surface area contributed by atoms with E-state index in [1.54, 1.807) is 0 Å². The Kier molecular flexibility index (Phi) is 6.45. The van der Waals surface area contributed by atoms with Crippen LogP contribution in [-0.4, -0.2) is 37.1 Å². The molecule has 0 bridgehead atoms. The molecule has 136 valence electrons. The molecule has 1 aromatic heterocycles. The van der Waals surface area contributed by atoms with Crippen molar-refractivity contribution in [2.45, 2.75) is 13.1 Å². The first kappa shape index (κ1) is 18.6. The van der Waals surface area contributed by atoms with Gasteiger partial charge in [0.15, 0.2) is 0 Å². The van der Waals surface area contributed by atoms with E-state index in [2.05, 4.69) is 58.9 Å². The molecule has 0 radical (unpaired) electrons. The summed E-state index contributed by atoms with van der Waals surface area (Å²) >= 11 is 6.05. The number of fused-ring (bicyclic) bond motifs is 1. The van der Waals surface area contributed by atoms with Gasteiger partial charge >= 0.3 is 0 Å². The molecule has 0 fully saturated rings. The molecule has 1 heterocycles. The standard InChI is InChI=1S/C21H25ClN4/c1-26(2)15-17-6-4-3-5-16(17)14-23-11-12-25-20-9-10-24-21-13-18(22)7-8-19(20)21/h3-10,13,23H,11-12,14-15H2,1-2H3,(H,24,25). The highest BCUT2D eigenvalue weighted by molar-refractivity contribution is 6.31. The van der Waals surface area contributed by atoms with E-state index in [1.165, 1.54) is 11.1 Å². The Morgan fingerprint density at radius 2 is 1.81 bits per heavy atom.